The maximum Gasteiger partial charge on any atom is 0.211 e. The Balaban J connectivity index is 2.04. The van der Waals surface area contributed by atoms with E-state index in [9.17, 15) is 8.42 Å². The van der Waals surface area contributed by atoms with Gasteiger partial charge in [-0.25, -0.2) is 12.7 Å². The molecule has 0 bridgehead atoms. The Hall–Kier alpha value is -1.80. The molecule has 0 radical (unpaired) electrons. The molecule has 0 aliphatic carbocycles. The SMILES string of the molecule is Cc1nn(C)c(C)c1-c1nccnc1[C@H]1CCCN(S(C)(=O)=O)C1. The third-order valence-corrected chi connectivity index (χ3v) is 5.98. The Bertz CT molecular complexity index is 859. The van der Waals surface area contributed by atoms with Crippen molar-refractivity contribution in [2.24, 2.45) is 7.05 Å². The van der Waals surface area contributed by atoms with E-state index in [-0.39, 0.29) is 5.92 Å². The molecular weight excluding hydrogens is 326 g/mol. The van der Waals surface area contributed by atoms with Crippen LogP contribution in [0, 0.1) is 13.8 Å². The van der Waals surface area contributed by atoms with E-state index >= 15 is 0 Å². The molecule has 24 heavy (non-hydrogen) atoms. The van der Waals surface area contributed by atoms with Crippen molar-refractivity contribution in [3.8, 4) is 11.3 Å². The lowest BCUT2D eigenvalue weighted by Crippen LogP contribution is -2.38. The zero-order valence-corrected chi connectivity index (χ0v) is 15.3. The minimum Gasteiger partial charge on any atom is -0.272 e. The van der Waals surface area contributed by atoms with Gasteiger partial charge in [-0.3, -0.25) is 14.6 Å². The molecule has 1 saturated heterocycles. The summed E-state index contributed by atoms with van der Waals surface area (Å²) in [6, 6.07) is 0. The van der Waals surface area contributed by atoms with Crippen molar-refractivity contribution in [2.45, 2.75) is 32.6 Å². The number of aromatic nitrogens is 4. The molecule has 2 aromatic heterocycles. The summed E-state index contributed by atoms with van der Waals surface area (Å²) < 4.78 is 27.2. The Kier molecular flexibility index (Phi) is 4.44. The Morgan fingerprint density at radius 2 is 1.92 bits per heavy atom. The maximum atomic E-state index is 11.9. The van der Waals surface area contributed by atoms with E-state index < -0.39 is 10.0 Å². The molecule has 0 amide bonds. The van der Waals surface area contributed by atoms with Crippen molar-refractivity contribution in [3.63, 3.8) is 0 Å². The van der Waals surface area contributed by atoms with Gasteiger partial charge in [-0.15, -0.1) is 0 Å². The van der Waals surface area contributed by atoms with E-state index in [4.69, 9.17) is 0 Å². The molecule has 3 heterocycles. The number of hydrogen-bond acceptors (Lipinski definition) is 5. The molecule has 0 aromatic carbocycles. The van der Waals surface area contributed by atoms with Crippen molar-refractivity contribution in [3.05, 3.63) is 29.5 Å². The van der Waals surface area contributed by atoms with Gasteiger partial charge in [-0.1, -0.05) is 0 Å². The van der Waals surface area contributed by atoms with Crippen LogP contribution in [0.1, 0.15) is 35.8 Å². The third kappa shape index (κ3) is 3.08. The average Bonchev–Trinajstić information content (AvgIpc) is 2.79. The lowest BCUT2D eigenvalue weighted by Gasteiger charge is -2.31. The number of hydrogen-bond donors (Lipinski definition) is 0. The van der Waals surface area contributed by atoms with Gasteiger partial charge >= 0.3 is 0 Å². The van der Waals surface area contributed by atoms with Crippen LogP contribution >= 0.6 is 0 Å². The predicted molar refractivity (Wildman–Crippen MR) is 92.1 cm³/mol. The predicted octanol–water partition coefficient (Wildman–Crippen LogP) is 1.63. The highest BCUT2D eigenvalue weighted by molar-refractivity contribution is 7.88. The second-order valence-corrected chi connectivity index (χ2v) is 8.40. The quantitative estimate of drug-likeness (QED) is 0.841. The lowest BCUT2D eigenvalue weighted by molar-refractivity contribution is 0.314. The Morgan fingerprint density at radius 3 is 2.54 bits per heavy atom. The molecule has 3 rings (SSSR count). The molecule has 1 aliphatic rings. The summed E-state index contributed by atoms with van der Waals surface area (Å²) in [5.41, 5.74) is 4.63. The highest BCUT2D eigenvalue weighted by atomic mass is 32.2. The van der Waals surface area contributed by atoms with Crippen LogP contribution < -0.4 is 0 Å². The summed E-state index contributed by atoms with van der Waals surface area (Å²) in [5, 5.41) is 4.47. The van der Waals surface area contributed by atoms with Crippen molar-refractivity contribution in [1.29, 1.82) is 0 Å². The topological polar surface area (TPSA) is 81.0 Å². The highest BCUT2D eigenvalue weighted by Gasteiger charge is 2.30. The summed E-state index contributed by atoms with van der Waals surface area (Å²) >= 11 is 0. The van der Waals surface area contributed by atoms with Gasteiger partial charge in [0, 0.05) is 49.7 Å². The molecule has 1 atom stereocenters. The molecule has 0 spiro atoms. The zero-order valence-electron chi connectivity index (χ0n) is 14.5. The van der Waals surface area contributed by atoms with Gasteiger partial charge < -0.3 is 0 Å². The van der Waals surface area contributed by atoms with E-state index in [1.165, 1.54) is 6.26 Å². The Labute approximate surface area is 142 Å². The first kappa shape index (κ1) is 17.0. The fraction of sp³-hybridized carbons (Fsp3) is 0.562. The molecule has 0 N–H and O–H groups in total. The van der Waals surface area contributed by atoms with E-state index in [2.05, 4.69) is 15.1 Å². The van der Waals surface area contributed by atoms with Crippen LogP contribution in [-0.4, -0.2) is 51.8 Å². The fourth-order valence-electron chi connectivity index (χ4n) is 3.42. The largest absolute Gasteiger partial charge is 0.272 e. The summed E-state index contributed by atoms with van der Waals surface area (Å²) in [4.78, 5) is 9.13. The van der Waals surface area contributed by atoms with E-state index in [0.717, 1.165) is 41.2 Å². The first-order valence-corrected chi connectivity index (χ1v) is 9.90. The maximum absolute atomic E-state index is 11.9. The fourth-order valence-corrected chi connectivity index (χ4v) is 4.33. The summed E-state index contributed by atoms with van der Waals surface area (Å²) in [6.45, 7) is 5.01. The Morgan fingerprint density at radius 1 is 1.21 bits per heavy atom. The second kappa shape index (κ2) is 6.25. The van der Waals surface area contributed by atoms with Gasteiger partial charge in [-0.2, -0.15) is 5.10 Å². The molecule has 8 heteroatoms. The van der Waals surface area contributed by atoms with Gasteiger partial charge in [0.25, 0.3) is 0 Å². The van der Waals surface area contributed by atoms with Crippen molar-refractivity contribution in [2.75, 3.05) is 19.3 Å². The van der Waals surface area contributed by atoms with Gasteiger partial charge in [0.2, 0.25) is 10.0 Å². The first-order valence-electron chi connectivity index (χ1n) is 8.05. The van der Waals surface area contributed by atoms with E-state index in [1.54, 1.807) is 16.7 Å². The highest BCUT2D eigenvalue weighted by Crippen LogP contribution is 2.34. The van der Waals surface area contributed by atoms with Gasteiger partial charge in [0.1, 0.15) is 0 Å². The number of piperidine rings is 1. The number of rotatable bonds is 3. The summed E-state index contributed by atoms with van der Waals surface area (Å²) in [5.74, 6) is 0.0520. The smallest absolute Gasteiger partial charge is 0.211 e. The summed E-state index contributed by atoms with van der Waals surface area (Å²) in [7, 11) is -1.28. The minimum atomic E-state index is -3.19. The van der Waals surface area contributed by atoms with Gasteiger partial charge in [0.15, 0.2) is 0 Å². The first-order chi connectivity index (χ1) is 11.3. The van der Waals surface area contributed by atoms with Crippen molar-refractivity contribution >= 4 is 10.0 Å². The zero-order chi connectivity index (χ0) is 17.5. The van der Waals surface area contributed by atoms with Crippen LogP contribution in [0.4, 0.5) is 0 Å². The second-order valence-electron chi connectivity index (χ2n) is 6.42. The minimum absolute atomic E-state index is 0.0520. The molecule has 1 aliphatic heterocycles. The van der Waals surface area contributed by atoms with Crippen LogP contribution in [0.3, 0.4) is 0 Å². The van der Waals surface area contributed by atoms with E-state index in [1.807, 2.05) is 25.6 Å². The van der Waals surface area contributed by atoms with Crippen LogP contribution in [-0.2, 0) is 17.1 Å². The molecule has 7 nitrogen and oxygen atoms in total. The van der Waals surface area contributed by atoms with Gasteiger partial charge in [-0.05, 0) is 26.7 Å². The molecule has 2 aromatic rings. The normalized spacial score (nSPS) is 19.6. The standard InChI is InChI=1S/C16H23N5O2S/c1-11-14(12(2)20(3)19-11)16-15(17-7-8-18-16)13-6-5-9-21(10-13)24(4,22)23/h7-8,13H,5-6,9-10H2,1-4H3/t13-/m0/s1. The number of aryl methyl sites for hydroxylation is 2. The van der Waals surface area contributed by atoms with Crippen LogP contribution in [0.2, 0.25) is 0 Å². The monoisotopic (exact) mass is 349 g/mol. The van der Waals surface area contributed by atoms with Crippen molar-refractivity contribution in [1.82, 2.24) is 24.1 Å². The molecule has 0 unspecified atom stereocenters. The lowest BCUT2D eigenvalue weighted by atomic mass is 9.92. The molecule has 130 valence electrons. The van der Waals surface area contributed by atoms with Gasteiger partial charge in [0.05, 0.1) is 23.3 Å². The summed E-state index contributed by atoms with van der Waals surface area (Å²) in [6.07, 6.45) is 6.37. The number of nitrogens with zero attached hydrogens (tertiary/aromatic N) is 5. The van der Waals surface area contributed by atoms with Crippen LogP contribution in [0.5, 0.6) is 0 Å². The molecular formula is C16H23N5O2S. The van der Waals surface area contributed by atoms with Crippen LogP contribution in [0.25, 0.3) is 11.3 Å². The van der Waals surface area contributed by atoms with Crippen LogP contribution in [0.15, 0.2) is 12.4 Å². The van der Waals surface area contributed by atoms with Crippen molar-refractivity contribution < 1.29 is 8.42 Å². The third-order valence-electron chi connectivity index (χ3n) is 4.71. The van der Waals surface area contributed by atoms with E-state index in [0.29, 0.717) is 13.1 Å². The number of sulfonamides is 1. The average molecular weight is 349 g/mol. The molecule has 1 fully saturated rings. The molecule has 0 saturated carbocycles.